The van der Waals surface area contributed by atoms with Crippen LogP contribution in [0.1, 0.15) is 28.4 Å². The zero-order valence-electron chi connectivity index (χ0n) is 11.3. The summed E-state index contributed by atoms with van der Waals surface area (Å²) in [7, 11) is 0. The highest BCUT2D eigenvalue weighted by atomic mass is 16.5. The summed E-state index contributed by atoms with van der Waals surface area (Å²) in [5, 5.41) is 3.41. The fraction of sp³-hybridized carbons (Fsp3) is 0.533. The fourth-order valence-electron chi connectivity index (χ4n) is 2.83. The smallest absolute Gasteiger partial charge is 0.338 e. The van der Waals surface area contributed by atoms with Crippen LogP contribution in [-0.4, -0.2) is 43.1 Å². The second-order valence-corrected chi connectivity index (χ2v) is 5.41. The molecule has 0 aliphatic carbocycles. The Hall–Kier alpha value is -1.39. The van der Waals surface area contributed by atoms with Crippen LogP contribution in [-0.2, 0) is 17.8 Å². The molecule has 0 aromatic heterocycles. The minimum Gasteiger partial charge on any atom is -0.457 e. The maximum Gasteiger partial charge on any atom is 0.338 e. The number of carbonyl (C=O) groups excluding carboxylic acids is 1. The van der Waals surface area contributed by atoms with Crippen molar-refractivity contribution in [2.75, 3.05) is 26.2 Å². The third-order valence-electron chi connectivity index (χ3n) is 4.07. The average molecular weight is 260 g/mol. The Morgan fingerprint density at radius 3 is 3.21 bits per heavy atom. The van der Waals surface area contributed by atoms with Crippen LogP contribution in [0.15, 0.2) is 18.2 Å². The number of hydrogen-bond acceptors (Lipinski definition) is 4. The zero-order chi connectivity index (χ0) is 13.2. The van der Waals surface area contributed by atoms with Crippen molar-refractivity contribution < 1.29 is 9.53 Å². The van der Waals surface area contributed by atoms with Gasteiger partial charge in [-0.25, -0.2) is 4.79 Å². The minimum atomic E-state index is -0.183. The van der Waals surface area contributed by atoms with Gasteiger partial charge in [-0.1, -0.05) is 12.1 Å². The van der Waals surface area contributed by atoms with Crippen molar-refractivity contribution in [3.8, 4) is 0 Å². The lowest BCUT2D eigenvalue weighted by atomic mass is 10.0. The molecule has 2 heterocycles. The molecule has 0 radical (unpaired) electrons. The normalized spacial score (nSPS) is 23.2. The number of benzene rings is 1. The molecule has 0 amide bonds. The first-order chi connectivity index (χ1) is 9.24. The lowest BCUT2D eigenvalue weighted by Gasteiger charge is -2.33. The number of esters is 1. The van der Waals surface area contributed by atoms with Crippen molar-refractivity contribution in [1.29, 1.82) is 0 Å². The van der Waals surface area contributed by atoms with Crippen molar-refractivity contribution in [1.82, 2.24) is 10.2 Å². The first-order valence-corrected chi connectivity index (χ1v) is 6.98. The largest absolute Gasteiger partial charge is 0.457 e. The monoisotopic (exact) mass is 260 g/mol. The predicted molar refractivity (Wildman–Crippen MR) is 73.2 cm³/mol. The topological polar surface area (TPSA) is 41.6 Å². The minimum absolute atomic E-state index is 0.183. The molecule has 0 saturated carbocycles. The molecule has 4 nitrogen and oxygen atoms in total. The molecular weight excluding hydrogens is 240 g/mol. The quantitative estimate of drug-likeness (QED) is 0.829. The molecule has 0 spiro atoms. The Balaban J connectivity index is 1.63. The Labute approximate surface area is 113 Å². The molecular formula is C15H20N2O2. The Bertz CT molecular complexity index is 487. The Kier molecular flexibility index (Phi) is 3.53. The molecule has 0 bridgehead atoms. The van der Waals surface area contributed by atoms with Crippen LogP contribution in [0.3, 0.4) is 0 Å². The van der Waals surface area contributed by atoms with Crippen molar-refractivity contribution in [2.24, 2.45) is 0 Å². The second-order valence-electron chi connectivity index (χ2n) is 5.41. The number of hydrogen-bond donors (Lipinski definition) is 1. The van der Waals surface area contributed by atoms with Crippen molar-refractivity contribution in [3.63, 3.8) is 0 Å². The number of rotatable bonds is 3. The Morgan fingerprint density at radius 2 is 2.37 bits per heavy atom. The highest BCUT2D eigenvalue weighted by Crippen LogP contribution is 2.21. The molecule has 102 valence electrons. The summed E-state index contributed by atoms with van der Waals surface area (Å²) in [6.45, 7) is 7.06. The predicted octanol–water partition coefficient (Wildman–Crippen LogP) is 1.19. The number of carbonyl (C=O) groups is 1. The maximum atomic E-state index is 11.4. The van der Waals surface area contributed by atoms with E-state index in [1.54, 1.807) is 0 Å². The van der Waals surface area contributed by atoms with Crippen molar-refractivity contribution in [2.45, 2.75) is 26.0 Å². The average Bonchev–Trinajstić information content (AvgIpc) is 2.79. The van der Waals surface area contributed by atoms with Gasteiger partial charge in [0.1, 0.15) is 6.61 Å². The van der Waals surface area contributed by atoms with Crippen LogP contribution in [0.4, 0.5) is 0 Å². The first kappa shape index (κ1) is 12.6. The van der Waals surface area contributed by atoms with Crippen molar-refractivity contribution in [3.05, 3.63) is 34.9 Å². The summed E-state index contributed by atoms with van der Waals surface area (Å²) >= 11 is 0. The van der Waals surface area contributed by atoms with Crippen LogP contribution in [0.5, 0.6) is 0 Å². The number of ether oxygens (including phenoxy) is 1. The van der Waals surface area contributed by atoms with E-state index in [-0.39, 0.29) is 5.97 Å². The zero-order valence-corrected chi connectivity index (χ0v) is 11.3. The summed E-state index contributed by atoms with van der Waals surface area (Å²) < 4.78 is 5.03. The molecule has 2 aliphatic rings. The summed E-state index contributed by atoms with van der Waals surface area (Å²) in [6.07, 6.45) is 1.03. The number of nitrogens with zero attached hydrogens (tertiary/aromatic N) is 1. The molecule has 2 aliphatic heterocycles. The highest BCUT2D eigenvalue weighted by Gasteiger charge is 2.21. The molecule has 1 atom stereocenters. The van der Waals surface area contributed by atoms with Gasteiger partial charge in [0.2, 0.25) is 0 Å². The van der Waals surface area contributed by atoms with Crippen LogP contribution < -0.4 is 5.32 Å². The van der Waals surface area contributed by atoms with E-state index in [0.29, 0.717) is 12.6 Å². The maximum absolute atomic E-state index is 11.4. The summed E-state index contributed by atoms with van der Waals surface area (Å²) in [6, 6.07) is 6.68. The fourth-order valence-corrected chi connectivity index (χ4v) is 2.83. The molecule has 1 N–H and O–H groups in total. The lowest BCUT2D eigenvalue weighted by molar-refractivity contribution is 0.0535. The van der Waals surface area contributed by atoms with Gasteiger partial charge in [0.25, 0.3) is 0 Å². The van der Waals surface area contributed by atoms with Gasteiger partial charge in [-0.05, 0) is 25.0 Å². The number of fused-ring (bicyclic) bond motifs is 1. The molecule has 0 unspecified atom stereocenters. The second kappa shape index (κ2) is 5.31. The van der Waals surface area contributed by atoms with Crippen LogP contribution in [0, 0.1) is 0 Å². The van der Waals surface area contributed by atoms with E-state index in [1.165, 1.54) is 5.56 Å². The van der Waals surface area contributed by atoms with E-state index in [9.17, 15) is 4.79 Å². The van der Waals surface area contributed by atoms with Gasteiger partial charge in [-0.3, -0.25) is 4.90 Å². The number of piperazine rings is 1. The highest BCUT2D eigenvalue weighted by molar-refractivity contribution is 5.93. The van der Waals surface area contributed by atoms with Crippen LogP contribution >= 0.6 is 0 Å². The molecule has 19 heavy (non-hydrogen) atoms. The summed E-state index contributed by atoms with van der Waals surface area (Å²) in [5.74, 6) is -0.183. The van der Waals surface area contributed by atoms with E-state index < -0.39 is 0 Å². The van der Waals surface area contributed by atoms with Crippen molar-refractivity contribution >= 4 is 5.97 Å². The van der Waals surface area contributed by atoms with Gasteiger partial charge in [0, 0.05) is 37.8 Å². The third-order valence-corrected chi connectivity index (χ3v) is 4.07. The molecule has 1 aromatic carbocycles. The van der Waals surface area contributed by atoms with Crippen LogP contribution in [0.2, 0.25) is 0 Å². The molecule has 3 rings (SSSR count). The molecule has 1 aromatic rings. The van der Waals surface area contributed by atoms with E-state index in [1.807, 2.05) is 6.07 Å². The van der Waals surface area contributed by atoms with Gasteiger partial charge >= 0.3 is 5.97 Å². The summed E-state index contributed by atoms with van der Waals surface area (Å²) in [5.41, 5.74) is 3.07. The summed E-state index contributed by atoms with van der Waals surface area (Å²) in [4.78, 5) is 13.9. The van der Waals surface area contributed by atoms with E-state index in [4.69, 9.17) is 4.74 Å². The van der Waals surface area contributed by atoms with Crippen LogP contribution in [0.25, 0.3) is 0 Å². The first-order valence-electron chi connectivity index (χ1n) is 6.98. The lowest BCUT2D eigenvalue weighted by Crippen LogP contribution is -2.50. The number of cyclic esters (lactones) is 1. The molecule has 1 saturated heterocycles. The third kappa shape index (κ3) is 2.65. The van der Waals surface area contributed by atoms with Gasteiger partial charge in [-0.2, -0.15) is 0 Å². The van der Waals surface area contributed by atoms with Gasteiger partial charge in [0.05, 0.1) is 5.56 Å². The number of nitrogens with one attached hydrogen (secondary N) is 1. The van der Waals surface area contributed by atoms with E-state index in [0.717, 1.165) is 43.7 Å². The van der Waals surface area contributed by atoms with E-state index >= 15 is 0 Å². The molecule has 1 fully saturated rings. The van der Waals surface area contributed by atoms with Gasteiger partial charge < -0.3 is 10.1 Å². The standard InChI is InChI=1S/C15H20N2O2/c1-11-9-16-5-7-17(11)6-4-12-2-3-14-13(8-12)10-19-15(14)18/h2-3,8,11,16H,4-7,9-10H2,1H3/t11-/m1/s1. The van der Waals surface area contributed by atoms with E-state index in [2.05, 4.69) is 29.3 Å². The van der Waals surface area contributed by atoms with Gasteiger partial charge in [0.15, 0.2) is 0 Å². The SMILES string of the molecule is C[C@@H]1CNCCN1CCc1ccc2c(c1)COC2=O. The Morgan fingerprint density at radius 1 is 1.47 bits per heavy atom. The van der Waals surface area contributed by atoms with Gasteiger partial charge in [-0.15, -0.1) is 0 Å². The molecule has 4 heteroatoms.